The Morgan fingerprint density at radius 1 is 0.958 bits per heavy atom. The van der Waals surface area contributed by atoms with Crippen molar-refractivity contribution >= 4 is 17.2 Å². The number of benzene rings is 2. The number of carbonyl (C=O) groups excluding carboxylic acids is 1. The number of hydrogen-bond donors (Lipinski definition) is 0. The van der Waals surface area contributed by atoms with Gasteiger partial charge < -0.3 is 4.90 Å². The van der Waals surface area contributed by atoms with E-state index in [-0.39, 0.29) is 11.8 Å². The molecule has 0 saturated carbocycles. The van der Waals surface area contributed by atoms with E-state index in [1.165, 1.54) is 10.4 Å². The second-order valence-corrected chi connectivity index (χ2v) is 6.90. The first-order chi connectivity index (χ1) is 11.7. The van der Waals surface area contributed by atoms with Crippen LogP contribution in [0.1, 0.15) is 28.3 Å². The molecule has 1 aromatic heterocycles. The zero-order valence-electron chi connectivity index (χ0n) is 13.8. The van der Waals surface area contributed by atoms with Gasteiger partial charge in [0.1, 0.15) is 0 Å². The molecular weight excluding hydrogens is 314 g/mol. The highest BCUT2D eigenvalue weighted by Gasteiger charge is 2.21. The molecule has 0 unspecified atom stereocenters. The van der Waals surface area contributed by atoms with Crippen LogP contribution >= 0.6 is 11.3 Å². The number of hydrogen-bond acceptors (Lipinski definition) is 2. The van der Waals surface area contributed by atoms with Crippen molar-refractivity contribution in [2.24, 2.45) is 0 Å². The van der Waals surface area contributed by atoms with Crippen LogP contribution in [0.5, 0.6) is 0 Å². The maximum absolute atomic E-state index is 12.8. The summed E-state index contributed by atoms with van der Waals surface area (Å²) in [5.74, 6) is 0.290. The molecule has 1 heterocycles. The fourth-order valence-electron chi connectivity index (χ4n) is 2.83. The van der Waals surface area contributed by atoms with Crippen LogP contribution in [-0.2, 0) is 11.3 Å². The van der Waals surface area contributed by atoms with Crippen molar-refractivity contribution < 1.29 is 4.79 Å². The van der Waals surface area contributed by atoms with Gasteiger partial charge in [-0.25, -0.2) is 0 Å². The van der Waals surface area contributed by atoms with Crippen molar-refractivity contribution in [3.05, 3.63) is 94.2 Å². The van der Waals surface area contributed by atoms with Crippen LogP contribution in [0.2, 0.25) is 0 Å². The number of amides is 1. The van der Waals surface area contributed by atoms with Crippen LogP contribution in [-0.4, -0.2) is 17.9 Å². The fourth-order valence-corrected chi connectivity index (χ4v) is 3.69. The average molecular weight is 335 g/mol. The summed E-state index contributed by atoms with van der Waals surface area (Å²) in [4.78, 5) is 15.8. The summed E-state index contributed by atoms with van der Waals surface area (Å²) in [5, 5.41) is 2.07. The van der Waals surface area contributed by atoms with Crippen LogP contribution in [0.4, 0.5) is 0 Å². The first-order valence-corrected chi connectivity index (χ1v) is 8.98. The Morgan fingerprint density at radius 3 is 2.25 bits per heavy atom. The van der Waals surface area contributed by atoms with Gasteiger partial charge in [0.2, 0.25) is 5.91 Å². The van der Waals surface area contributed by atoms with Crippen LogP contribution < -0.4 is 0 Å². The van der Waals surface area contributed by atoms with E-state index in [2.05, 4.69) is 35.7 Å². The molecule has 3 rings (SSSR count). The first-order valence-electron chi connectivity index (χ1n) is 8.10. The second-order valence-electron chi connectivity index (χ2n) is 5.92. The van der Waals surface area contributed by atoms with E-state index in [1.54, 1.807) is 11.3 Å². The van der Waals surface area contributed by atoms with Crippen molar-refractivity contribution in [3.63, 3.8) is 0 Å². The van der Waals surface area contributed by atoms with Gasteiger partial charge in [0.25, 0.3) is 0 Å². The van der Waals surface area contributed by atoms with Crippen molar-refractivity contribution in [2.75, 3.05) is 7.05 Å². The van der Waals surface area contributed by atoms with Gasteiger partial charge in [-0.1, -0.05) is 66.7 Å². The monoisotopic (exact) mass is 335 g/mol. The van der Waals surface area contributed by atoms with Crippen LogP contribution in [0.25, 0.3) is 0 Å². The lowest BCUT2D eigenvalue weighted by Gasteiger charge is -2.21. The van der Waals surface area contributed by atoms with E-state index in [0.29, 0.717) is 13.0 Å². The minimum Gasteiger partial charge on any atom is -0.341 e. The van der Waals surface area contributed by atoms with Crippen molar-refractivity contribution in [3.8, 4) is 0 Å². The number of thiophene rings is 1. The SMILES string of the molecule is CN(Cc1ccccc1)C(=O)C[C@@H](c1ccccc1)c1cccs1. The molecule has 0 saturated heterocycles. The maximum atomic E-state index is 12.8. The van der Waals surface area contributed by atoms with Gasteiger partial charge in [0, 0.05) is 30.8 Å². The third kappa shape index (κ3) is 4.12. The van der Waals surface area contributed by atoms with Crippen molar-refractivity contribution in [1.29, 1.82) is 0 Å². The molecule has 0 radical (unpaired) electrons. The Kier molecular flexibility index (Phi) is 5.44. The Morgan fingerprint density at radius 2 is 1.62 bits per heavy atom. The van der Waals surface area contributed by atoms with Crippen LogP contribution in [0, 0.1) is 0 Å². The van der Waals surface area contributed by atoms with E-state index >= 15 is 0 Å². The minimum atomic E-state index is 0.122. The summed E-state index contributed by atoms with van der Waals surface area (Å²) in [5.41, 5.74) is 2.35. The molecule has 2 aromatic carbocycles. The molecule has 1 atom stereocenters. The Hall–Kier alpha value is -2.39. The standard InChI is InChI=1S/C21H21NOS/c1-22(16-17-9-4-2-5-10-17)21(23)15-19(20-13-8-14-24-20)18-11-6-3-7-12-18/h2-14,19H,15-16H2,1H3/t19-/m0/s1. The molecule has 3 aromatic rings. The largest absolute Gasteiger partial charge is 0.341 e. The normalized spacial score (nSPS) is 11.9. The molecule has 0 N–H and O–H groups in total. The summed E-state index contributed by atoms with van der Waals surface area (Å²) in [6, 6.07) is 24.6. The highest BCUT2D eigenvalue weighted by Crippen LogP contribution is 2.31. The molecule has 2 nitrogen and oxygen atoms in total. The summed E-state index contributed by atoms with van der Waals surface area (Å²) in [7, 11) is 1.88. The van der Waals surface area contributed by atoms with E-state index in [1.807, 2.05) is 54.4 Å². The summed E-state index contributed by atoms with van der Waals surface area (Å²) in [6.45, 7) is 0.644. The van der Waals surface area contributed by atoms with Crippen LogP contribution in [0.3, 0.4) is 0 Å². The number of carbonyl (C=O) groups is 1. The zero-order chi connectivity index (χ0) is 16.8. The van der Waals surface area contributed by atoms with E-state index in [0.717, 1.165) is 5.56 Å². The molecule has 122 valence electrons. The van der Waals surface area contributed by atoms with Gasteiger partial charge in [-0.2, -0.15) is 0 Å². The number of rotatable bonds is 6. The third-order valence-electron chi connectivity index (χ3n) is 4.16. The van der Waals surface area contributed by atoms with E-state index < -0.39 is 0 Å². The molecule has 0 aliphatic carbocycles. The Balaban J connectivity index is 1.74. The molecule has 0 aliphatic rings. The summed E-state index contributed by atoms with van der Waals surface area (Å²) < 4.78 is 0. The average Bonchev–Trinajstić information content (AvgIpc) is 3.15. The fraction of sp³-hybridized carbons (Fsp3) is 0.190. The van der Waals surface area contributed by atoms with Gasteiger partial charge in [-0.15, -0.1) is 11.3 Å². The highest BCUT2D eigenvalue weighted by atomic mass is 32.1. The molecule has 3 heteroatoms. The van der Waals surface area contributed by atoms with Gasteiger partial charge >= 0.3 is 0 Å². The molecule has 0 bridgehead atoms. The quantitative estimate of drug-likeness (QED) is 0.625. The Bertz CT molecular complexity index is 753. The minimum absolute atomic E-state index is 0.122. The summed E-state index contributed by atoms with van der Waals surface area (Å²) >= 11 is 1.71. The smallest absolute Gasteiger partial charge is 0.223 e. The summed E-state index contributed by atoms with van der Waals surface area (Å²) in [6.07, 6.45) is 0.494. The highest BCUT2D eigenvalue weighted by molar-refractivity contribution is 7.10. The Labute approximate surface area is 147 Å². The van der Waals surface area contributed by atoms with E-state index in [9.17, 15) is 4.79 Å². The van der Waals surface area contributed by atoms with Crippen LogP contribution in [0.15, 0.2) is 78.2 Å². The van der Waals surface area contributed by atoms with Gasteiger partial charge in [0.05, 0.1) is 0 Å². The molecule has 24 heavy (non-hydrogen) atoms. The lowest BCUT2D eigenvalue weighted by Crippen LogP contribution is -2.27. The third-order valence-corrected chi connectivity index (χ3v) is 5.14. The van der Waals surface area contributed by atoms with Gasteiger partial charge in [-0.3, -0.25) is 4.79 Å². The van der Waals surface area contributed by atoms with Crippen molar-refractivity contribution in [1.82, 2.24) is 4.90 Å². The van der Waals surface area contributed by atoms with Gasteiger partial charge in [-0.05, 0) is 22.6 Å². The molecule has 0 fully saturated rings. The molecule has 0 spiro atoms. The maximum Gasteiger partial charge on any atom is 0.223 e. The number of nitrogens with zero attached hydrogens (tertiary/aromatic N) is 1. The predicted molar refractivity (Wildman–Crippen MR) is 100 cm³/mol. The topological polar surface area (TPSA) is 20.3 Å². The first kappa shape index (κ1) is 16.5. The second kappa shape index (κ2) is 7.93. The lowest BCUT2D eigenvalue weighted by atomic mass is 9.93. The molecule has 1 amide bonds. The van der Waals surface area contributed by atoms with E-state index in [4.69, 9.17) is 0 Å². The lowest BCUT2D eigenvalue weighted by molar-refractivity contribution is -0.130. The molecule has 0 aliphatic heterocycles. The predicted octanol–water partition coefficient (Wildman–Crippen LogP) is 4.93. The van der Waals surface area contributed by atoms with Gasteiger partial charge in [0.15, 0.2) is 0 Å². The zero-order valence-corrected chi connectivity index (χ0v) is 14.6. The molecular formula is C21H21NOS. The van der Waals surface area contributed by atoms with Crippen molar-refractivity contribution in [2.45, 2.75) is 18.9 Å².